The number of carbonyl (C=O) groups is 2. The predicted molar refractivity (Wildman–Crippen MR) is 111 cm³/mol. The smallest absolute Gasteiger partial charge is 0.326 e. The van der Waals surface area contributed by atoms with Crippen molar-refractivity contribution in [1.29, 1.82) is 0 Å². The van der Waals surface area contributed by atoms with Crippen LogP contribution >= 0.6 is 0 Å². The van der Waals surface area contributed by atoms with Crippen molar-refractivity contribution in [2.75, 3.05) is 17.3 Å². The molecule has 2 aromatic heterocycles. The van der Waals surface area contributed by atoms with Crippen LogP contribution in [0, 0.1) is 5.82 Å². The largest absolute Gasteiger partial charge is 0.351 e. The number of benzene rings is 1. The van der Waals surface area contributed by atoms with Gasteiger partial charge in [0.15, 0.2) is 5.65 Å². The summed E-state index contributed by atoms with van der Waals surface area (Å²) < 4.78 is 15.7. The lowest BCUT2D eigenvalue weighted by Crippen LogP contribution is -2.22. The van der Waals surface area contributed by atoms with Crippen LogP contribution in [-0.2, 0) is 11.3 Å². The second kappa shape index (κ2) is 7.35. The van der Waals surface area contributed by atoms with Crippen LogP contribution in [0.3, 0.4) is 0 Å². The molecular weight excluding hydrogens is 403 g/mol. The maximum Gasteiger partial charge on any atom is 0.326 e. The van der Waals surface area contributed by atoms with Gasteiger partial charge in [-0.3, -0.25) is 10.1 Å². The summed E-state index contributed by atoms with van der Waals surface area (Å²) in [5, 5.41) is 12.3. The van der Waals surface area contributed by atoms with Crippen LogP contribution in [0.4, 0.5) is 21.1 Å². The second-order valence-corrected chi connectivity index (χ2v) is 7.51. The molecular formula is C20H19FN8O2. The summed E-state index contributed by atoms with van der Waals surface area (Å²) in [4.78, 5) is 34.2. The second-order valence-electron chi connectivity index (χ2n) is 7.51. The van der Waals surface area contributed by atoms with E-state index in [1.54, 1.807) is 40.9 Å². The molecule has 0 bridgehead atoms. The maximum absolute atomic E-state index is 14.1. The summed E-state index contributed by atoms with van der Waals surface area (Å²) in [6, 6.07) is 6.28. The Kier molecular flexibility index (Phi) is 4.50. The van der Waals surface area contributed by atoms with E-state index in [1.807, 2.05) is 0 Å². The predicted octanol–water partition coefficient (Wildman–Crippen LogP) is 1.65. The van der Waals surface area contributed by atoms with Gasteiger partial charge < -0.3 is 15.5 Å². The summed E-state index contributed by atoms with van der Waals surface area (Å²) >= 11 is 0. The van der Waals surface area contributed by atoms with Crippen LogP contribution in [0.15, 0.2) is 36.2 Å². The number of amides is 3. The van der Waals surface area contributed by atoms with Crippen LogP contribution in [0.2, 0.25) is 0 Å². The quantitative estimate of drug-likeness (QED) is 0.409. The van der Waals surface area contributed by atoms with E-state index >= 15 is 0 Å². The Morgan fingerprint density at radius 3 is 2.77 bits per heavy atom. The van der Waals surface area contributed by atoms with E-state index in [0.29, 0.717) is 34.7 Å². The van der Waals surface area contributed by atoms with E-state index in [2.05, 4.69) is 31.0 Å². The molecule has 2 fully saturated rings. The van der Waals surface area contributed by atoms with Gasteiger partial charge in [0.2, 0.25) is 11.9 Å². The van der Waals surface area contributed by atoms with Crippen LogP contribution in [-0.4, -0.2) is 44.6 Å². The molecule has 3 heterocycles. The standard InChI is InChI=1S/C20H19FN8O2/c1-28(10-11-4-2-3-5-14(11)21)18-25-16-12(8-15-17(30)26-20(31)24-15)9-22-29(16)19(27-18)23-13-6-7-13/h2-5,8-9,13H,6-7,10H2,1H3,(H,23,25,27)(H2,24,26,30,31)/b15-8-. The molecule has 158 valence electrons. The molecule has 1 aliphatic heterocycles. The van der Waals surface area contributed by atoms with Gasteiger partial charge in [-0.15, -0.1) is 0 Å². The number of carbonyl (C=O) groups excluding carboxylic acids is 2. The first-order chi connectivity index (χ1) is 15.0. The molecule has 31 heavy (non-hydrogen) atoms. The monoisotopic (exact) mass is 422 g/mol. The Morgan fingerprint density at radius 1 is 1.26 bits per heavy atom. The number of rotatable bonds is 6. The lowest BCUT2D eigenvalue weighted by atomic mass is 10.2. The molecule has 0 radical (unpaired) electrons. The molecule has 1 aromatic carbocycles. The molecule has 5 rings (SSSR count). The fraction of sp³-hybridized carbons (Fsp3) is 0.250. The molecule has 10 nitrogen and oxygen atoms in total. The normalized spacial score (nSPS) is 17.2. The zero-order valence-electron chi connectivity index (χ0n) is 16.6. The van der Waals surface area contributed by atoms with Crippen molar-refractivity contribution < 1.29 is 14.0 Å². The zero-order valence-corrected chi connectivity index (χ0v) is 16.6. The fourth-order valence-corrected chi connectivity index (χ4v) is 3.25. The number of anilines is 2. The van der Waals surface area contributed by atoms with Crippen molar-refractivity contribution in [1.82, 2.24) is 30.2 Å². The first kappa shape index (κ1) is 19.0. The Hall–Kier alpha value is -4.02. The van der Waals surface area contributed by atoms with Crippen LogP contribution in [0.1, 0.15) is 24.0 Å². The van der Waals surface area contributed by atoms with Crippen molar-refractivity contribution in [3.63, 3.8) is 0 Å². The van der Waals surface area contributed by atoms with Gasteiger partial charge >= 0.3 is 6.03 Å². The van der Waals surface area contributed by atoms with E-state index in [-0.39, 0.29) is 18.1 Å². The van der Waals surface area contributed by atoms with Crippen LogP contribution in [0.5, 0.6) is 0 Å². The number of urea groups is 1. The number of aromatic nitrogens is 4. The van der Waals surface area contributed by atoms with Crippen LogP contribution < -0.4 is 20.9 Å². The molecule has 1 saturated carbocycles. The molecule has 11 heteroatoms. The Bertz CT molecular complexity index is 1230. The summed E-state index contributed by atoms with van der Waals surface area (Å²) in [6.45, 7) is 0.273. The van der Waals surface area contributed by atoms with Crippen molar-refractivity contribution in [3.8, 4) is 0 Å². The van der Waals surface area contributed by atoms with Gasteiger partial charge in [0.1, 0.15) is 11.5 Å². The highest BCUT2D eigenvalue weighted by Crippen LogP contribution is 2.26. The topological polar surface area (TPSA) is 117 Å². The average molecular weight is 422 g/mol. The van der Waals surface area contributed by atoms with E-state index in [9.17, 15) is 14.0 Å². The van der Waals surface area contributed by atoms with E-state index in [4.69, 9.17) is 0 Å². The van der Waals surface area contributed by atoms with Crippen molar-refractivity contribution >= 4 is 35.6 Å². The first-order valence-corrected chi connectivity index (χ1v) is 9.79. The lowest BCUT2D eigenvalue weighted by Gasteiger charge is -2.19. The summed E-state index contributed by atoms with van der Waals surface area (Å²) in [5.41, 5.74) is 1.62. The highest BCUT2D eigenvalue weighted by Gasteiger charge is 2.26. The number of imide groups is 1. The molecule has 3 aromatic rings. The molecule has 0 unspecified atom stereocenters. The molecule has 0 spiro atoms. The van der Waals surface area contributed by atoms with Gasteiger partial charge in [0, 0.05) is 30.8 Å². The molecule has 0 atom stereocenters. The molecule has 3 amide bonds. The summed E-state index contributed by atoms with van der Waals surface area (Å²) in [7, 11) is 1.78. The van der Waals surface area contributed by atoms with Crippen LogP contribution in [0.25, 0.3) is 11.7 Å². The molecule has 3 N–H and O–H groups in total. The number of hydrogen-bond acceptors (Lipinski definition) is 7. The van der Waals surface area contributed by atoms with Crippen molar-refractivity contribution in [3.05, 3.63) is 53.1 Å². The third-order valence-corrected chi connectivity index (χ3v) is 5.02. The van der Waals surface area contributed by atoms with E-state index in [0.717, 1.165) is 12.8 Å². The molecule has 2 aliphatic rings. The van der Waals surface area contributed by atoms with Gasteiger partial charge in [-0.05, 0) is 25.0 Å². The highest BCUT2D eigenvalue weighted by molar-refractivity contribution is 6.14. The highest BCUT2D eigenvalue weighted by atomic mass is 19.1. The fourth-order valence-electron chi connectivity index (χ4n) is 3.25. The molecule has 1 saturated heterocycles. The minimum atomic E-state index is -0.580. The Morgan fingerprint density at radius 2 is 2.06 bits per heavy atom. The maximum atomic E-state index is 14.1. The third kappa shape index (κ3) is 3.77. The Labute approximate surface area is 176 Å². The number of nitrogens with zero attached hydrogens (tertiary/aromatic N) is 5. The third-order valence-electron chi connectivity index (χ3n) is 5.02. The summed E-state index contributed by atoms with van der Waals surface area (Å²) in [6.07, 6.45) is 5.14. The average Bonchev–Trinajstić information content (AvgIpc) is 3.38. The number of halogens is 1. The minimum absolute atomic E-state index is 0.108. The number of fused-ring (bicyclic) bond motifs is 1. The van der Waals surface area contributed by atoms with E-state index < -0.39 is 11.9 Å². The lowest BCUT2D eigenvalue weighted by molar-refractivity contribution is -0.115. The summed E-state index contributed by atoms with van der Waals surface area (Å²) in [5.74, 6) is 0.0579. The minimum Gasteiger partial charge on any atom is -0.351 e. The van der Waals surface area contributed by atoms with Gasteiger partial charge in [0.25, 0.3) is 5.91 Å². The number of hydrogen-bond donors (Lipinski definition) is 3. The first-order valence-electron chi connectivity index (χ1n) is 9.79. The zero-order chi connectivity index (χ0) is 21.5. The van der Waals surface area contributed by atoms with Crippen molar-refractivity contribution in [2.45, 2.75) is 25.4 Å². The van der Waals surface area contributed by atoms with Gasteiger partial charge in [-0.25, -0.2) is 9.18 Å². The van der Waals surface area contributed by atoms with Gasteiger partial charge in [-0.2, -0.15) is 19.6 Å². The van der Waals surface area contributed by atoms with Crippen molar-refractivity contribution in [2.24, 2.45) is 0 Å². The van der Waals surface area contributed by atoms with Gasteiger partial charge in [0.05, 0.1) is 6.20 Å². The number of nitrogens with one attached hydrogen (secondary N) is 3. The molecule has 1 aliphatic carbocycles. The SMILES string of the molecule is CN(Cc1ccccc1F)c1nc(NC2CC2)n2ncc(/C=C3\NC(=O)NC3=O)c2n1. The Balaban J connectivity index is 1.55. The van der Waals surface area contributed by atoms with E-state index in [1.165, 1.54) is 12.1 Å². The van der Waals surface area contributed by atoms with Gasteiger partial charge in [-0.1, -0.05) is 18.2 Å².